The molecule has 1 aromatic rings. The fourth-order valence-corrected chi connectivity index (χ4v) is 2.46. The molecule has 0 bridgehead atoms. The fourth-order valence-electron chi connectivity index (χ4n) is 2.46. The molecule has 0 aliphatic heterocycles. The molecule has 0 fully saturated rings. The van der Waals surface area contributed by atoms with Crippen molar-refractivity contribution in [2.75, 3.05) is 6.54 Å². The third-order valence-electron chi connectivity index (χ3n) is 4.06. The van der Waals surface area contributed by atoms with E-state index in [-0.39, 0.29) is 11.8 Å². The Morgan fingerprint density at radius 1 is 1.16 bits per heavy atom. The number of hydrogen-bond donors (Lipinski definition) is 1. The lowest BCUT2D eigenvalue weighted by Gasteiger charge is -2.31. The monoisotopic (exact) mass is 348 g/mol. The first kappa shape index (κ1) is 21.0. The molecule has 1 rings (SSSR count). The second kappa shape index (κ2) is 9.44. The molecule has 0 saturated heterocycles. The molecule has 0 heterocycles. The molecule has 0 spiro atoms. The van der Waals surface area contributed by atoms with Gasteiger partial charge >= 0.3 is 6.09 Å². The highest BCUT2D eigenvalue weighted by Crippen LogP contribution is 2.15. The summed E-state index contributed by atoms with van der Waals surface area (Å²) in [6.07, 6.45) is 0.233. The van der Waals surface area contributed by atoms with Gasteiger partial charge in [0.1, 0.15) is 11.6 Å². The summed E-state index contributed by atoms with van der Waals surface area (Å²) in [4.78, 5) is 27.0. The summed E-state index contributed by atoms with van der Waals surface area (Å²) in [5.41, 5.74) is 0.472. The van der Waals surface area contributed by atoms with Crippen LogP contribution in [0.25, 0.3) is 0 Å². The topological polar surface area (TPSA) is 58.6 Å². The van der Waals surface area contributed by atoms with Crippen molar-refractivity contribution in [1.82, 2.24) is 10.2 Å². The zero-order valence-corrected chi connectivity index (χ0v) is 16.3. The van der Waals surface area contributed by atoms with Crippen LogP contribution in [0.3, 0.4) is 0 Å². The van der Waals surface area contributed by atoms with Gasteiger partial charge < -0.3 is 15.0 Å². The number of benzene rings is 1. The van der Waals surface area contributed by atoms with Crippen LogP contribution >= 0.6 is 0 Å². The van der Waals surface area contributed by atoms with Crippen LogP contribution in [0.5, 0.6) is 0 Å². The first-order valence-electron chi connectivity index (χ1n) is 9.00. The lowest BCUT2D eigenvalue weighted by molar-refractivity contribution is -0.135. The third kappa shape index (κ3) is 7.16. The van der Waals surface area contributed by atoms with E-state index in [0.717, 1.165) is 12.0 Å². The Hall–Kier alpha value is -2.04. The molecule has 25 heavy (non-hydrogen) atoms. The zero-order chi connectivity index (χ0) is 19.0. The molecule has 0 radical (unpaired) electrons. The molecule has 5 nitrogen and oxygen atoms in total. The average Bonchev–Trinajstić information content (AvgIpc) is 2.55. The van der Waals surface area contributed by atoms with Gasteiger partial charge in [0.05, 0.1) is 0 Å². The normalized spacial score (nSPS) is 13.7. The van der Waals surface area contributed by atoms with E-state index in [1.807, 2.05) is 51.1 Å². The summed E-state index contributed by atoms with van der Waals surface area (Å²) in [6, 6.07) is 9.26. The lowest BCUT2D eigenvalue weighted by atomic mass is 9.97. The van der Waals surface area contributed by atoms with Gasteiger partial charge in [-0.15, -0.1) is 0 Å². The Kier molecular flexibility index (Phi) is 7.94. The van der Waals surface area contributed by atoms with Gasteiger partial charge in [-0.25, -0.2) is 4.79 Å². The van der Waals surface area contributed by atoms with E-state index in [4.69, 9.17) is 4.74 Å². The minimum atomic E-state index is -0.596. The maximum atomic E-state index is 13.0. The SMILES string of the molecule is CCC(C)C(NC(=O)OC(C)(C)C)C(=O)N(CC)Cc1ccccc1. The Morgan fingerprint density at radius 3 is 2.24 bits per heavy atom. The number of nitrogens with one attached hydrogen (secondary N) is 1. The van der Waals surface area contributed by atoms with Crippen LogP contribution in [0.4, 0.5) is 4.79 Å². The van der Waals surface area contributed by atoms with Gasteiger partial charge in [0.25, 0.3) is 0 Å². The van der Waals surface area contributed by atoms with Crippen LogP contribution in [-0.2, 0) is 16.1 Å². The number of likely N-dealkylation sites (N-methyl/N-ethyl adjacent to an activating group) is 1. The largest absolute Gasteiger partial charge is 0.444 e. The van der Waals surface area contributed by atoms with Crippen LogP contribution < -0.4 is 5.32 Å². The molecule has 1 aromatic carbocycles. The highest BCUT2D eigenvalue weighted by Gasteiger charge is 2.31. The quantitative estimate of drug-likeness (QED) is 0.811. The van der Waals surface area contributed by atoms with Crippen molar-refractivity contribution < 1.29 is 14.3 Å². The van der Waals surface area contributed by atoms with Gasteiger partial charge in [-0.05, 0) is 39.2 Å². The first-order chi connectivity index (χ1) is 11.7. The standard InChI is InChI=1S/C20H32N2O3/c1-7-15(3)17(21-19(24)25-20(4,5)6)18(23)22(8-2)14-16-12-10-9-11-13-16/h9-13,15,17H,7-8,14H2,1-6H3,(H,21,24). The van der Waals surface area contributed by atoms with Gasteiger partial charge in [-0.2, -0.15) is 0 Å². The number of ether oxygens (including phenoxy) is 1. The van der Waals surface area contributed by atoms with E-state index in [0.29, 0.717) is 13.1 Å². The Morgan fingerprint density at radius 2 is 1.76 bits per heavy atom. The molecule has 0 aliphatic carbocycles. The molecule has 0 aromatic heterocycles. The number of carbonyl (C=O) groups is 2. The number of hydrogen-bond acceptors (Lipinski definition) is 3. The van der Waals surface area contributed by atoms with Crippen LogP contribution in [0.2, 0.25) is 0 Å². The molecule has 2 unspecified atom stereocenters. The minimum absolute atomic E-state index is 0.0184. The maximum Gasteiger partial charge on any atom is 0.408 e. The van der Waals surface area contributed by atoms with Crippen LogP contribution in [0.1, 0.15) is 53.5 Å². The summed E-state index contributed by atoms with van der Waals surface area (Å²) in [5.74, 6) is -0.0589. The molecular weight excluding hydrogens is 316 g/mol. The molecule has 2 amide bonds. The van der Waals surface area contributed by atoms with Gasteiger partial charge in [0.2, 0.25) is 5.91 Å². The molecule has 1 N–H and O–H groups in total. The summed E-state index contributed by atoms with van der Waals surface area (Å²) >= 11 is 0. The van der Waals surface area contributed by atoms with Crippen molar-refractivity contribution in [3.63, 3.8) is 0 Å². The number of rotatable bonds is 7. The van der Waals surface area contributed by atoms with E-state index < -0.39 is 17.7 Å². The highest BCUT2D eigenvalue weighted by molar-refractivity contribution is 5.86. The summed E-state index contributed by atoms with van der Waals surface area (Å²) < 4.78 is 5.32. The van der Waals surface area contributed by atoms with Crippen molar-refractivity contribution in [2.45, 2.75) is 66.2 Å². The van der Waals surface area contributed by atoms with E-state index in [1.165, 1.54) is 0 Å². The third-order valence-corrected chi connectivity index (χ3v) is 4.06. The maximum absolute atomic E-state index is 13.0. The Bertz CT molecular complexity index is 552. The summed E-state index contributed by atoms with van der Waals surface area (Å²) in [7, 11) is 0. The number of carbonyl (C=O) groups excluding carboxylic acids is 2. The first-order valence-corrected chi connectivity index (χ1v) is 9.00. The van der Waals surface area contributed by atoms with Gasteiger partial charge in [0, 0.05) is 13.1 Å². The summed E-state index contributed by atoms with van der Waals surface area (Å²) in [5, 5.41) is 2.77. The summed E-state index contributed by atoms with van der Waals surface area (Å²) in [6.45, 7) is 12.4. The van der Waals surface area contributed by atoms with Gasteiger partial charge in [-0.1, -0.05) is 50.6 Å². The second-order valence-electron chi connectivity index (χ2n) is 7.35. The van der Waals surface area contributed by atoms with E-state index in [9.17, 15) is 9.59 Å². The molecule has 5 heteroatoms. The molecule has 0 aliphatic rings. The predicted octanol–water partition coefficient (Wildman–Crippen LogP) is 3.97. The number of alkyl carbamates (subject to hydrolysis) is 1. The fraction of sp³-hybridized carbons (Fsp3) is 0.600. The van der Waals surface area contributed by atoms with E-state index >= 15 is 0 Å². The van der Waals surface area contributed by atoms with Gasteiger partial charge in [-0.3, -0.25) is 4.79 Å². The van der Waals surface area contributed by atoms with Crippen LogP contribution in [-0.4, -0.2) is 35.1 Å². The second-order valence-corrected chi connectivity index (χ2v) is 7.35. The van der Waals surface area contributed by atoms with E-state index in [1.54, 1.807) is 25.7 Å². The zero-order valence-electron chi connectivity index (χ0n) is 16.3. The number of amides is 2. The van der Waals surface area contributed by atoms with Crippen LogP contribution in [0, 0.1) is 5.92 Å². The van der Waals surface area contributed by atoms with Crippen LogP contribution in [0.15, 0.2) is 30.3 Å². The average molecular weight is 348 g/mol. The molecule has 140 valence electrons. The minimum Gasteiger partial charge on any atom is -0.444 e. The Balaban J connectivity index is 2.88. The lowest BCUT2D eigenvalue weighted by Crippen LogP contribution is -2.52. The predicted molar refractivity (Wildman–Crippen MR) is 100 cm³/mol. The van der Waals surface area contributed by atoms with Crippen molar-refractivity contribution >= 4 is 12.0 Å². The van der Waals surface area contributed by atoms with Gasteiger partial charge in [0.15, 0.2) is 0 Å². The Labute approximate surface area is 151 Å². The van der Waals surface area contributed by atoms with Crippen molar-refractivity contribution in [3.8, 4) is 0 Å². The molecule has 0 saturated carbocycles. The van der Waals surface area contributed by atoms with E-state index in [2.05, 4.69) is 5.32 Å². The smallest absolute Gasteiger partial charge is 0.408 e. The van der Waals surface area contributed by atoms with Crippen molar-refractivity contribution in [1.29, 1.82) is 0 Å². The molecular formula is C20H32N2O3. The van der Waals surface area contributed by atoms with Crippen molar-refractivity contribution in [3.05, 3.63) is 35.9 Å². The highest BCUT2D eigenvalue weighted by atomic mass is 16.6. The molecule has 2 atom stereocenters. The van der Waals surface area contributed by atoms with Crippen molar-refractivity contribution in [2.24, 2.45) is 5.92 Å². The number of nitrogens with zero attached hydrogens (tertiary/aromatic N) is 1.